The Morgan fingerprint density at radius 3 is 2.43 bits per heavy atom. The van der Waals surface area contributed by atoms with E-state index < -0.39 is 0 Å². The Bertz CT molecular complexity index is 621. The Hall–Kier alpha value is -1.52. The summed E-state index contributed by atoms with van der Waals surface area (Å²) < 4.78 is 0. The van der Waals surface area contributed by atoms with Crippen molar-refractivity contribution in [3.63, 3.8) is 0 Å². The van der Waals surface area contributed by atoms with E-state index >= 15 is 0 Å². The van der Waals surface area contributed by atoms with E-state index in [9.17, 15) is 0 Å². The van der Waals surface area contributed by atoms with Crippen LogP contribution < -0.4 is 10.6 Å². The predicted molar refractivity (Wildman–Crippen MR) is 96.4 cm³/mol. The minimum absolute atomic E-state index is 0.660. The molecule has 21 heavy (non-hydrogen) atoms. The number of anilines is 1. The Morgan fingerprint density at radius 1 is 1.10 bits per heavy atom. The van der Waals surface area contributed by atoms with Crippen molar-refractivity contribution in [1.82, 2.24) is 5.32 Å². The predicted octanol–water partition coefficient (Wildman–Crippen LogP) is 4.76. The first-order chi connectivity index (χ1) is 10.1. The van der Waals surface area contributed by atoms with Gasteiger partial charge >= 0.3 is 0 Å². The Balaban J connectivity index is 2.03. The molecule has 2 rings (SSSR count). The molecule has 0 aliphatic carbocycles. The van der Waals surface area contributed by atoms with Gasteiger partial charge in [0.05, 0.1) is 0 Å². The quantitative estimate of drug-likeness (QED) is 0.794. The number of thiocarbonyl (C=S) groups is 1. The van der Waals surface area contributed by atoms with Gasteiger partial charge in [0.2, 0.25) is 0 Å². The second-order valence-corrected chi connectivity index (χ2v) is 6.40. The minimum atomic E-state index is 0.660. The van der Waals surface area contributed by atoms with E-state index in [4.69, 9.17) is 12.2 Å². The fourth-order valence-electron chi connectivity index (χ4n) is 1.98. The van der Waals surface area contributed by atoms with Gasteiger partial charge in [0.1, 0.15) is 0 Å². The maximum Gasteiger partial charge on any atom is 0.170 e. The molecule has 2 aromatic rings. The van der Waals surface area contributed by atoms with E-state index in [-0.39, 0.29) is 0 Å². The fraction of sp³-hybridized carbons (Fsp3) is 0.235. The number of rotatable bonds is 4. The molecule has 0 bridgehead atoms. The zero-order chi connectivity index (χ0) is 15.2. The molecular formula is C17H20N2S2. The van der Waals surface area contributed by atoms with Crippen molar-refractivity contribution >= 4 is 34.8 Å². The van der Waals surface area contributed by atoms with Gasteiger partial charge in [-0.3, -0.25) is 0 Å². The summed E-state index contributed by atoms with van der Waals surface area (Å²) in [7, 11) is 0. The van der Waals surface area contributed by atoms with Gasteiger partial charge in [-0.25, -0.2) is 0 Å². The molecule has 0 saturated carbocycles. The van der Waals surface area contributed by atoms with Gasteiger partial charge < -0.3 is 10.6 Å². The second kappa shape index (κ2) is 7.48. The van der Waals surface area contributed by atoms with Gasteiger partial charge in [0.15, 0.2) is 5.11 Å². The molecule has 2 N–H and O–H groups in total. The summed E-state index contributed by atoms with van der Waals surface area (Å²) >= 11 is 6.96. The standard InChI is InChI=1S/C17H20N2S2/c1-4-18-17(20)19-14-6-8-15(9-7-14)21-16-10-5-12(2)11-13(16)3/h5-11H,4H2,1-3H3,(H2,18,19,20). The van der Waals surface area contributed by atoms with Crippen LogP contribution in [0.4, 0.5) is 5.69 Å². The summed E-state index contributed by atoms with van der Waals surface area (Å²) in [4.78, 5) is 2.52. The highest BCUT2D eigenvalue weighted by atomic mass is 32.2. The van der Waals surface area contributed by atoms with Crippen molar-refractivity contribution in [3.8, 4) is 0 Å². The van der Waals surface area contributed by atoms with Gasteiger partial charge in [-0.2, -0.15) is 0 Å². The van der Waals surface area contributed by atoms with Gasteiger partial charge in [-0.05, 0) is 68.9 Å². The lowest BCUT2D eigenvalue weighted by atomic mass is 10.2. The third kappa shape index (κ3) is 4.76. The molecule has 0 unspecified atom stereocenters. The Morgan fingerprint density at radius 2 is 1.81 bits per heavy atom. The zero-order valence-electron chi connectivity index (χ0n) is 12.6. The van der Waals surface area contributed by atoms with E-state index in [2.05, 4.69) is 66.9 Å². The summed E-state index contributed by atoms with van der Waals surface area (Å²) in [5.74, 6) is 0. The second-order valence-electron chi connectivity index (χ2n) is 4.88. The SMILES string of the molecule is CCNC(=S)Nc1ccc(Sc2ccc(C)cc2C)cc1. The van der Waals surface area contributed by atoms with Crippen molar-refractivity contribution in [2.75, 3.05) is 11.9 Å². The first kappa shape index (κ1) is 15.9. The molecule has 0 heterocycles. The topological polar surface area (TPSA) is 24.1 Å². The number of benzene rings is 2. The molecule has 110 valence electrons. The summed E-state index contributed by atoms with van der Waals surface area (Å²) in [6, 6.07) is 14.9. The van der Waals surface area contributed by atoms with Gasteiger partial charge in [-0.15, -0.1) is 0 Å². The molecule has 0 amide bonds. The largest absolute Gasteiger partial charge is 0.363 e. The van der Waals surface area contributed by atoms with Gasteiger partial charge in [0, 0.05) is 22.0 Å². The molecule has 0 aliphatic heterocycles. The van der Waals surface area contributed by atoms with Crippen molar-refractivity contribution < 1.29 is 0 Å². The van der Waals surface area contributed by atoms with Crippen LogP contribution in [0, 0.1) is 13.8 Å². The highest BCUT2D eigenvalue weighted by Crippen LogP contribution is 2.31. The smallest absolute Gasteiger partial charge is 0.170 e. The number of nitrogens with one attached hydrogen (secondary N) is 2. The van der Waals surface area contributed by atoms with Crippen molar-refractivity contribution in [2.45, 2.75) is 30.6 Å². The van der Waals surface area contributed by atoms with E-state index in [1.54, 1.807) is 11.8 Å². The van der Waals surface area contributed by atoms with E-state index in [0.717, 1.165) is 12.2 Å². The highest BCUT2D eigenvalue weighted by molar-refractivity contribution is 7.99. The zero-order valence-corrected chi connectivity index (χ0v) is 14.2. The van der Waals surface area contributed by atoms with Gasteiger partial charge in [0.25, 0.3) is 0 Å². The number of aryl methyl sites for hydroxylation is 2. The minimum Gasteiger partial charge on any atom is -0.363 e. The maximum atomic E-state index is 5.17. The van der Waals surface area contributed by atoms with Crippen molar-refractivity contribution in [3.05, 3.63) is 53.6 Å². The molecular weight excluding hydrogens is 296 g/mol. The summed E-state index contributed by atoms with van der Waals surface area (Å²) in [6.45, 7) is 7.12. The van der Waals surface area contributed by atoms with Crippen LogP contribution in [0.1, 0.15) is 18.1 Å². The molecule has 0 fully saturated rings. The fourth-order valence-corrected chi connectivity index (χ4v) is 3.13. The third-order valence-electron chi connectivity index (χ3n) is 3.01. The lowest BCUT2D eigenvalue weighted by molar-refractivity contribution is 0.979. The molecule has 0 radical (unpaired) electrons. The lowest BCUT2D eigenvalue weighted by Crippen LogP contribution is -2.27. The summed E-state index contributed by atoms with van der Waals surface area (Å²) in [6.07, 6.45) is 0. The third-order valence-corrected chi connectivity index (χ3v) is 4.44. The molecule has 0 spiro atoms. The first-order valence-corrected chi connectivity index (χ1v) is 8.21. The van der Waals surface area contributed by atoms with Gasteiger partial charge in [-0.1, -0.05) is 29.5 Å². The van der Waals surface area contributed by atoms with E-state index in [1.165, 1.54) is 20.9 Å². The van der Waals surface area contributed by atoms with Crippen LogP contribution in [0.25, 0.3) is 0 Å². The van der Waals surface area contributed by atoms with Crippen LogP contribution in [-0.2, 0) is 0 Å². The number of hydrogen-bond acceptors (Lipinski definition) is 2. The van der Waals surface area contributed by atoms with E-state index in [0.29, 0.717) is 5.11 Å². The van der Waals surface area contributed by atoms with Crippen LogP contribution >= 0.6 is 24.0 Å². The summed E-state index contributed by atoms with van der Waals surface area (Å²) in [5, 5.41) is 6.90. The molecule has 4 heteroatoms. The molecule has 0 aliphatic rings. The summed E-state index contributed by atoms with van der Waals surface area (Å²) in [5.41, 5.74) is 3.62. The van der Waals surface area contributed by atoms with Crippen LogP contribution in [0.2, 0.25) is 0 Å². The van der Waals surface area contributed by atoms with Crippen LogP contribution in [0.5, 0.6) is 0 Å². The van der Waals surface area contributed by atoms with Crippen LogP contribution in [0.15, 0.2) is 52.3 Å². The van der Waals surface area contributed by atoms with E-state index in [1.807, 2.05) is 6.92 Å². The van der Waals surface area contributed by atoms with Crippen molar-refractivity contribution in [2.24, 2.45) is 0 Å². The average Bonchev–Trinajstić information content (AvgIpc) is 2.44. The molecule has 0 aromatic heterocycles. The molecule has 0 atom stereocenters. The Labute approximate surface area is 136 Å². The molecule has 2 aromatic carbocycles. The monoisotopic (exact) mass is 316 g/mol. The highest BCUT2D eigenvalue weighted by Gasteiger charge is 2.02. The average molecular weight is 316 g/mol. The molecule has 2 nitrogen and oxygen atoms in total. The lowest BCUT2D eigenvalue weighted by Gasteiger charge is -2.10. The first-order valence-electron chi connectivity index (χ1n) is 6.98. The van der Waals surface area contributed by atoms with Crippen LogP contribution in [-0.4, -0.2) is 11.7 Å². The Kier molecular flexibility index (Phi) is 5.65. The maximum absolute atomic E-state index is 5.17. The number of hydrogen-bond donors (Lipinski definition) is 2. The van der Waals surface area contributed by atoms with Crippen LogP contribution in [0.3, 0.4) is 0 Å². The molecule has 0 saturated heterocycles. The van der Waals surface area contributed by atoms with Crippen molar-refractivity contribution in [1.29, 1.82) is 0 Å². The normalized spacial score (nSPS) is 10.2.